The van der Waals surface area contributed by atoms with Crippen molar-refractivity contribution in [3.63, 3.8) is 0 Å². The van der Waals surface area contributed by atoms with E-state index in [0.29, 0.717) is 6.54 Å². The summed E-state index contributed by atoms with van der Waals surface area (Å²) in [6.07, 6.45) is -0.694. The summed E-state index contributed by atoms with van der Waals surface area (Å²) < 4.78 is 1.20. The summed E-state index contributed by atoms with van der Waals surface area (Å²) in [5.41, 5.74) is 5.54. The molecule has 0 heterocycles. The van der Waals surface area contributed by atoms with Gasteiger partial charge in [-0.15, -0.1) is 0 Å². The van der Waals surface area contributed by atoms with Crippen molar-refractivity contribution in [2.45, 2.75) is 10.9 Å². The number of rotatable bonds is 5. The summed E-state index contributed by atoms with van der Waals surface area (Å²) in [6.45, 7) is 0.201. The average molecular weight is 260 g/mol. The monoisotopic (exact) mass is 261 g/mol. The van der Waals surface area contributed by atoms with E-state index in [1.807, 2.05) is 30.3 Å². The van der Waals surface area contributed by atoms with Crippen molar-refractivity contribution in [3.05, 3.63) is 30.3 Å². The summed E-state index contributed by atoms with van der Waals surface area (Å²) in [5.74, 6) is 0. The Kier molecular flexibility index (Phi) is 5.15. The Balaban J connectivity index is 2.57. The van der Waals surface area contributed by atoms with E-state index in [4.69, 9.17) is 10.8 Å². The zero-order valence-electron chi connectivity index (χ0n) is 7.84. The molecule has 0 radical (unpaired) electrons. The Hall–Kier alpha value is -0.381. The van der Waals surface area contributed by atoms with Crippen molar-refractivity contribution in [1.82, 2.24) is 0 Å². The van der Waals surface area contributed by atoms with Crippen molar-refractivity contribution in [3.8, 4) is 0 Å². The first-order valence-corrected chi connectivity index (χ1v) is 6.33. The summed E-state index contributed by atoms with van der Waals surface area (Å²) >= 11 is 0.123. The zero-order chi connectivity index (χ0) is 10.4. The van der Waals surface area contributed by atoms with Gasteiger partial charge in [-0.1, -0.05) is 0 Å². The van der Waals surface area contributed by atoms with Crippen molar-refractivity contribution in [1.29, 1.82) is 0 Å². The number of nitrogens with two attached hydrogens (primary N) is 1. The second-order valence-corrected chi connectivity index (χ2v) is 5.71. The van der Waals surface area contributed by atoms with E-state index in [1.165, 1.54) is 4.46 Å². The Morgan fingerprint density at radius 1 is 1.29 bits per heavy atom. The molecule has 78 valence electrons. The topological polar surface area (TPSA) is 66.5 Å². The molecule has 0 fully saturated rings. The third-order valence-electron chi connectivity index (χ3n) is 1.88. The minimum atomic E-state index is -0.694. The Bertz CT molecular complexity index is 256. The van der Waals surface area contributed by atoms with Crippen molar-refractivity contribution in [2.24, 2.45) is 5.73 Å². The molecule has 1 rings (SSSR count). The molecule has 0 spiro atoms. The standard InChI is InChI=1S/C10H15NO2Se/c11-6-10(9(13)7-12)14-8-4-2-1-3-5-8/h1-5,9-10,12-13H,6-7,11H2. The van der Waals surface area contributed by atoms with Crippen LogP contribution in [0.15, 0.2) is 30.3 Å². The predicted molar refractivity (Wildman–Crippen MR) is 57.7 cm³/mol. The molecule has 3 nitrogen and oxygen atoms in total. The van der Waals surface area contributed by atoms with E-state index in [2.05, 4.69) is 0 Å². The Morgan fingerprint density at radius 2 is 1.93 bits per heavy atom. The van der Waals surface area contributed by atoms with E-state index in [9.17, 15) is 5.11 Å². The predicted octanol–water partition coefficient (Wildman–Crippen LogP) is -0.884. The van der Waals surface area contributed by atoms with Gasteiger partial charge in [0, 0.05) is 0 Å². The van der Waals surface area contributed by atoms with Gasteiger partial charge in [0.2, 0.25) is 0 Å². The molecule has 2 unspecified atom stereocenters. The summed E-state index contributed by atoms with van der Waals surface area (Å²) in [6, 6.07) is 9.94. The van der Waals surface area contributed by atoms with Crippen LogP contribution in [0.25, 0.3) is 0 Å². The molecule has 0 aromatic heterocycles. The number of aliphatic hydroxyl groups excluding tert-OH is 2. The van der Waals surface area contributed by atoms with Gasteiger partial charge >= 0.3 is 89.8 Å². The Morgan fingerprint density at radius 3 is 2.43 bits per heavy atom. The molecular weight excluding hydrogens is 245 g/mol. The molecule has 4 N–H and O–H groups in total. The van der Waals surface area contributed by atoms with Crippen LogP contribution in [-0.4, -0.2) is 44.4 Å². The van der Waals surface area contributed by atoms with E-state index in [-0.39, 0.29) is 26.4 Å². The normalized spacial score (nSPS) is 15.1. The summed E-state index contributed by atoms with van der Waals surface area (Å²) in [7, 11) is 0. The molecule has 0 saturated carbocycles. The molecule has 4 heteroatoms. The third kappa shape index (κ3) is 3.40. The van der Waals surface area contributed by atoms with Crippen LogP contribution in [0.4, 0.5) is 0 Å². The van der Waals surface area contributed by atoms with Crippen LogP contribution in [0.5, 0.6) is 0 Å². The molecule has 1 aromatic rings. The molecule has 0 saturated heterocycles. The fourth-order valence-corrected chi connectivity index (χ4v) is 3.18. The van der Waals surface area contributed by atoms with E-state index in [0.717, 1.165) is 0 Å². The first kappa shape index (κ1) is 11.7. The summed E-state index contributed by atoms with van der Waals surface area (Å²) in [5, 5.41) is 18.3. The third-order valence-corrected chi connectivity index (χ3v) is 4.72. The number of hydrogen-bond acceptors (Lipinski definition) is 3. The number of aliphatic hydroxyl groups is 2. The molecule has 0 aliphatic heterocycles. The average Bonchev–Trinajstić information content (AvgIpc) is 2.26. The molecule has 2 atom stereocenters. The van der Waals surface area contributed by atoms with Gasteiger partial charge in [0.25, 0.3) is 0 Å². The van der Waals surface area contributed by atoms with Gasteiger partial charge in [-0.2, -0.15) is 0 Å². The quantitative estimate of drug-likeness (QED) is 0.602. The van der Waals surface area contributed by atoms with Gasteiger partial charge in [-0.3, -0.25) is 0 Å². The van der Waals surface area contributed by atoms with Crippen LogP contribution >= 0.6 is 0 Å². The fourth-order valence-electron chi connectivity index (χ4n) is 1.08. The molecule has 1 aromatic carbocycles. The van der Waals surface area contributed by atoms with Crippen molar-refractivity contribution in [2.75, 3.05) is 13.2 Å². The second-order valence-electron chi connectivity index (χ2n) is 2.95. The van der Waals surface area contributed by atoms with Crippen LogP contribution < -0.4 is 10.2 Å². The second kappa shape index (κ2) is 6.17. The van der Waals surface area contributed by atoms with Crippen LogP contribution in [0, 0.1) is 0 Å². The fraction of sp³-hybridized carbons (Fsp3) is 0.400. The SMILES string of the molecule is NCC([Se]c1ccccc1)C(O)CO. The van der Waals surface area contributed by atoms with Gasteiger partial charge in [0.15, 0.2) is 0 Å². The summed E-state index contributed by atoms with van der Waals surface area (Å²) in [4.78, 5) is -0.00472. The van der Waals surface area contributed by atoms with Gasteiger partial charge in [0.05, 0.1) is 0 Å². The minimum absolute atomic E-state index is 0.00472. The Labute approximate surface area is 90.1 Å². The van der Waals surface area contributed by atoms with E-state index >= 15 is 0 Å². The molecule has 0 bridgehead atoms. The molecule has 0 amide bonds. The molecule has 0 aliphatic rings. The first-order chi connectivity index (χ1) is 6.77. The van der Waals surface area contributed by atoms with Gasteiger partial charge in [-0.25, -0.2) is 0 Å². The molecular formula is C10H15NO2Se. The van der Waals surface area contributed by atoms with Gasteiger partial charge < -0.3 is 0 Å². The molecule has 0 aliphatic carbocycles. The van der Waals surface area contributed by atoms with Crippen LogP contribution in [-0.2, 0) is 0 Å². The van der Waals surface area contributed by atoms with Crippen molar-refractivity contribution >= 4 is 19.4 Å². The van der Waals surface area contributed by atoms with E-state index in [1.54, 1.807) is 0 Å². The zero-order valence-corrected chi connectivity index (χ0v) is 9.55. The van der Waals surface area contributed by atoms with Crippen molar-refractivity contribution < 1.29 is 10.2 Å². The number of hydrogen-bond donors (Lipinski definition) is 3. The number of benzene rings is 1. The van der Waals surface area contributed by atoms with Crippen LogP contribution in [0.3, 0.4) is 0 Å². The van der Waals surface area contributed by atoms with Gasteiger partial charge in [0.1, 0.15) is 0 Å². The van der Waals surface area contributed by atoms with E-state index < -0.39 is 6.10 Å². The maximum atomic E-state index is 9.46. The van der Waals surface area contributed by atoms with Crippen LogP contribution in [0.2, 0.25) is 4.82 Å². The maximum absolute atomic E-state index is 9.46. The molecule has 14 heavy (non-hydrogen) atoms. The van der Waals surface area contributed by atoms with Gasteiger partial charge in [-0.05, 0) is 0 Å². The van der Waals surface area contributed by atoms with Crippen LogP contribution in [0.1, 0.15) is 0 Å². The first-order valence-electron chi connectivity index (χ1n) is 4.48.